The summed E-state index contributed by atoms with van der Waals surface area (Å²) in [5, 5.41) is 1.04. The Morgan fingerprint density at radius 1 is 1.24 bits per heavy atom. The second kappa shape index (κ2) is 6.68. The second-order valence-corrected chi connectivity index (χ2v) is 5.81. The number of rotatable bonds is 5. The molecule has 2 N–H and O–H groups in total. The van der Waals surface area contributed by atoms with Gasteiger partial charge in [0.25, 0.3) is 5.91 Å². The molecule has 1 aromatic carbocycles. The van der Waals surface area contributed by atoms with E-state index in [2.05, 4.69) is 18.8 Å². The average molecular weight is 285 g/mol. The SMILES string of the molecule is CC(C)C(N)CCN(C)C(=O)c1ccc2ccccc2n1. The molecular weight excluding hydrogens is 262 g/mol. The smallest absolute Gasteiger partial charge is 0.272 e. The average Bonchev–Trinajstić information content (AvgIpc) is 2.50. The van der Waals surface area contributed by atoms with Crippen LogP contribution in [0.25, 0.3) is 10.9 Å². The zero-order chi connectivity index (χ0) is 15.4. The van der Waals surface area contributed by atoms with Gasteiger partial charge in [-0.2, -0.15) is 0 Å². The van der Waals surface area contributed by atoms with Gasteiger partial charge in [-0.3, -0.25) is 4.79 Å². The van der Waals surface area contributed by atoms with Gasteiger partial charge in [-0.05, 0) is 24.5 Å². The number of pyridine rings is 1. The fourth-order valence-corrected chi connectivity index (χ4v) is 2.16. The number of aromatic nitrogens is 1. The van der Waals surface area contributed by atoms with Crippen molar-refractivity contribution in [1.82, 2.24) is 9.88 Å². The topological polar surface area (TPSA) is 59.2 Å². The van der Waals surface area contributed by atoms with Crippen molar-refractivity contribution >= 4 is 16.8 Å². The molecule has 1 unspecified atom stereocenters. The van der Waals surface area contributed by atoms with E-state index in [1.807, 2.05) is 30.3 Å². The molecule has 2 aromatic rings. The molecule has 1 heterocycles. The molecule has 21 heavy (non-hydrogen) atoms. The van der Waals surface area contributed by atoms with Crippen LogP contribution in [0.1, 0.15) is 30.8 Å². The van der Waals surface area contributed by atoms with Crippen LogP contribution in [0.3, 0.4) is 0 Å². The van der Waals surface area contributed by atoms with Crippen LogP contribution >= 0.6 is 0 Å². The predicted molar refractivity (Wildman–Crippen MR) is 86.1 cm³/mol. The maximum atomic E-state index is 12.4. The van der Waals surface area contributed by atoms with Crippen LogP contribution in [0.5, 0.6) is 0 Å². The molecule has 1 aromatic heterocycles. The summed E-state index contributed by atoms with van der Waals surface area (Å²) >= 11 is 0. The summed E-state index contributed by atoms with van der Waals surface area (Å²) < 4.78 is 0. The number of carbonyl (C=O) groups excluding carboxylic acids is 1. The quantitative estimate of drug-likeness (QED) is 0.919. The van der Waals surface area contributed by atoms with E-state index in [-0.39, 0.29) is 11.9 Å². The van der Waals surface area contributed by atoms with Gasteiger partial charge in [-0.15, -0.1) is 0 Å². The van der Waals surface area contributed by atoms with Gasteiger partial charge in [0.05, 0.1) is 5.52 Å². The first-order chi connectivity index (χ1) is 9.99. The Balaban J connectivity index is 2.07. The minimum Gasteiger partial charge on any atom is -0.340 e. The van der Waals surface area contributed by atoms with Gasteiger partial charge < -0.3 is 10.6 Å². The van der Waals surface area contributed by atoms with E-state index in [9.17, 15) is 4.79 Å². The fourth-order valence-electron chi connectivity index (χ4n) is 2.16. The van der Waals surface area contributed by atoms with Crippen LogP contribution in [-0.4, -0.2) is 35.4 Å². The standard InChI is InChI=1S/C17H23N3O/c1-12(2)14(18)10-11-20(3)17(21)16-9-8-13-6-4-5-7-15(13)19-16/h4-9,12,14H,10-11,18H2,1-3H3. The fraction of sp³-hybridized carbons (Fsp3) is 0.412. The van der Waals surface area contributed by atoms with Gasteiger partial charge in [-0.1, -0.05) is 38.1 Å². The van der Waals surface area contributed by atoms with Gasteiger partial charge in [0.2, 0.25) is 0 Å². The molecule has 0 radical (unpaired) electrons. The van der Waals surface area contributed by atoms with E-state index >= 15 is 0 Å². The third kappa shape index (κ3) is 3.79. The maximum Gasteiger partial charge on any atom is 0.272 e. The van der Waals surface area contributed by atoms with Crippen LogP contribution in [0.15, 0.2) is 36.4 Å². The molecule has 0 saturated carbocycles. The number of fused-ring (bicyclic) bond motifs is 1. The summed E-state index contributed by atoms with van der Waals surface area (Å²) in [4.78, 5) is 18.5. The molecule has 0 saturated heterocycles. The highest BCUT2D eigenvalue weighted by molar-refractivity contribution is 5.94. The largest absolute Gasteiger partial charge is 0.340 e. The molecule has 0 aliphatic rings. The summed E-state index contributed by atoms with van der Waals surface area (Å²) in [7, 11) is 1.80. The van der Waals surface area contributed by atoms with Crippen molar-refractivity contribution in [3.8, 4) is 0 Å². The number of amides is 1. The number of nitrogens with zero attached hydrogens (tertiary/aromatic N) is 2. The molecule has 4 nitrogen and oxygen atoms in total. The zero-order valence-corrected chi connectivity index (χ0v) is 12.9. The van der Waals surface area contributed by atoms with Crippen molar-refractivity contribution in [2.75, 3.05) is 13.6 Å². The van der Waals surface area contributed by atoms with Crippen LogP contribution in [0.2, 0.25) is 0 Å². The van der Waals surface area contributed by atoms with Crippen molar-refractivity contribution < 1.29 is 4.79 Å². The molecule has 0 aliphatic heterocycles. The van der Waals surface area contributed by atoms with Crippen molar-refractivity contribution in [2.45, 2.75) is 26.3 Å². The molecule has 1 amide bonds. The first-order valence-corrected chi connectivity index (χ1v) is 7.36. The lowest BCUT2D eigenvalue weighted by Gasteiger charge is -2.21. The molecule has 4 heteroatoms. The van der Waals surface area contributed by atoms with Crippen molar-refractivity contribution in [3.05, 3.63) is 42.1 Å². The van der Waals surface area contributed by atoms with E-state index in [0.717, 1.165) is 17.3 Å². The Hall–Kier alpha value is -1.94. The summed E-state index contributed by atoms with van der Waals surface area (Å²) in [6.07, 6.45) is 0.799. The normalized spacial score (nSPS) is 12.6. The molecule has 0 fully saturated rings. The van der Waals surface area contributed by atoms with E-state index in [4.69, 9.17) is 5.73 Å². The Kier molecular flexibility index (Phi) is 4.91. The van der Waals surface area contributed by atoms with Crippen molar-refractivity contribution in [3.63, 3.8) is 0 Å². The Bertz CT molecular complexity index is 624. The summed E-state index contributed by atoms with van der Waals surface area (Å²) in [5.41, 5.74) is 7.35. The van der Waals surface area contributed by atoms with Crippen molar-refractivity contribution in [1.29, 1.82) is 0 Å². The monoisotopic (exact) mass is 285 g/mol. The van der Waals surface area contributed by atoms with Gasteiger partial charge in [0.15, 0.2) is 0 Å². The summed E-state index contributed by atoms with van der Waals surface area (Å²) in [6, 6.07) is 11.6. The van der Waals surface area contributed by atoms with Gasteiger partial charge in [0.1, 0.15) is 5.69 Å². The minimum atomic E-state index is -0.0586. The highest BCUT2D eigenvalue weighted by Crippen LogP contribution is 2.13. The van der Waals surface area contributed by atoms with E-state index in [0.29, 0.717) is 18.2 Å². The summed E-state index contributed by atoms with van der Waals surface area (Å²) in [5.74, 6) is 0.365. The van der Waals surface area contributed by atoms with Gasteiger partial charge in [0, 0.05) is 25.0 Å². The highest BCUT2D eigenvalue weighted by Gasteiger charge is 2.15. The lowest BCUT2D eigenvalue weighted by molar-refractivity contribution is 0.0784. The first kappa shape index (κ1) is 15.4. The number of hydrogen-bond acceptors (Lipinski definition) is 3. The zero-order valence-electron chi connectivity index (χ0n) is 12.9. The lowest BCUT2D eigenvalue weighted by Crippen LogP contribution is -2.35. The third-order valence-electron chi connectivity index (χ3n) is 3.82. The van der Waals surface area contributed by atoms with E-state index in [1.165, 1.54) is 0 Å². The third-order valence-corrected chi connectivity index (χ3v) is 3.82. The molecule has 0 bridgehead atoms. The lowest BCUT2D eigenvalue weighted by atomic mass is 10.0. The van der Waals surface area contributed by atoms with Crippen molar-refractivity contribution in [2.24, 2.45) is 11.7 Å². The van der Waals surface area contributed by atoms with Gasteiger partial charge in [-0.25, -0.2) is 4.98 Å². The minimum absolute atomic E-state index is 0.0586. The number of nitrogens with two attached hydrogens (primary N) is 1. The van der Waals surface area contributed by atoms with Crippen LogP contribution in [0, 0.1) is 5.92 Å². The number of hydrogen-bond donors (Lipinski definition) is 1. The molecule has 0 spiro atoms. The Morgan fingerprint density at radius 3 is 2.67 bits per heavy atom. The van der Waals surface area contributed by atoms with Crippen LogP contribution < -0.4 is 5.73 Å². The first-order valence-electron chi connectivity index (χ1n) is 7.36. The summed E-state index contributed by atoms with van der Waals surface area (Å²) in [6.45, 7) is 4.83. The number of carbonyl (C=O) groups is 1. The second-order valence-electron chi connectivity index (χ2n) is 5.81. The molecule has 0 aliphatic carbocycles. The molecule has 1 atom stereocenters. The predicted octanol–water partition coefficient (Wildman–Crippen LogP) is 2.68. The highest BCUT2D eigenvalue weighted by atomic mass is 16.2. The Labute approximate surface area is 126 Å². The van der Waals surface area contributed by atoms with Crippen LogP contribution in [-0.2, 0) is 0 Å². The molecule has 2 rings (SSSR count). The van der Waals surface area contributed by atoms with Gasteiger partial charge >= 0.3 is 0 Å². The van der Waals surface area contributed by atoms with Crippen LogP contribution in [0.4, 0.5) is 0 Å². The Morgan fingerprint density at radius 2 is 1.95 bits per heavy atom. The van der Waals surface area contributed by atoms with E-state index < -0.39 is 0 Å². The maximum absolute atomic E-state index is 12.4. The number of para-hydroxylation sites is 1. The molecular formula is C17H23N3O. The molecule has 112 valence electrons. The number of benzene rings is 1. The van der Waals surface area contributed by atoms with E-state index in [1.54, 1.807) is 18.0 Å².